The predicted octanol–water partition coefficient (Wildman–Crippen LogP) is 2.70. The highest BCUT2D eigenvalue weighted by Gasteiger charge is 2.21. The number of rotatable bonds is 6. The third-order valence-electron chi connectivity index (χ3n) is 3.62. The first-order valence-corrected chi connectivity index (χ1v) is 7.69. The molecule has 0 atom stereocenters. The molecule has 0 unspecified atom stereocenters. The van der Waals surface area contributed by atoms with Crippen molar-refractivity contribution in [3.63, 3.8) is 0 Å². The van der Waals surface area contributed by atoms with Crippen LogP contribution in [0.3, 0.4) is 0 Å². The molecule has 0 saturated heterocycles. The number of nitrogens with zero attached hydrogens (tertiary/aromatic N) is 3. The van der Waals surface area contributed by atoms with E-state index in [0.29, 0.717) is 30.5 Å². The van der Waals surface area contributed by atoms with Gasteiger partial charge in [-0.15, -0.1) is 0 Å². The summed E-state index contributed by atoms with van der Waals surface area (Å²) in [6.07, 6.45) is 6.98. The van der Waals surface area contributed by atoms with Crippen molar-refractivity contribution < 1.29 is 9.53 Å². The molecule has 1 fully saturated rings. The van der Waals surface area contributed by atoms with Crippen molar-refractivity contribution in [3.05, 3.63) is 30.6 Å². The third kappa shape index (κ3) is 3.44. The van der Waals surface area contributed by atoms with Gasteiger partial charge in [0.25, 0.3) is 0 Å². The van der Waals surface area contributed by atoms with E-state index in [-0.39, 0.29) is 6.03 Å². The molecular weight excluding hydrogens is 280 g/mol. The minimum absolute atomic E-state index is 0.209. The predicted molar refractivity (Wildman–Crippen MR) is 82.8 cm³/mol. The van der Waals surface area contributed by atoms with Crippen LogP contribution in [0.15, 0.2) is 30.6 Å². The molecule has 6 nitrogen and oxygen atoms in total. The van der Waals surface area contributed by atoms with Gasteiger partial charge in [-0.25, -0.2) is 9.36 Å². The fraction of sp³-hybridized carbons (Fsp3) is 0.438. The van der Waals surface area contributed by atoms with E-state index in [9.17, 15) is 4.79 Å². The summed E-state index contributed by atoms with van der Waals surface area (Å²) < 4.78 is 6.88. The van der Waals surface area contributed by atoms with Crippen LogP contribution < -0.4 is 10.1 Å². The molecule has 2 aromatic rings. The van der Waals surface area contributed by atoms with Gasteiger partial charge < -0.3 is 10.1 Å². The Kier molecular flexibility index (Phi) is 4.37. The van der Waals surface area contributed by atoms with E-state index >= 15 is 0 Å². The average molecular weight is 300 g/mol. The second-order valence-corrected chi connectivity index (χ2v) is 5.39. The van der Waals surface area contributed by atoms with Gasteiger partial charge in [-0.2, -0.15) is 4.98 Å². The molecule has 116 valence electrons. The van der Waals surface area contributed by atoms with Crippen LogP contribution in [0.4, 0.5) is 4.79 Å². The smallest absolute Gasteiger partial charge is 0.329 e. The van der Waals surface area contributed by atoms with Crippen molar-refractivity contribution >= 4 is 6.03 Å². The molecule has 22 heavy (non-hydrogen) atoms. The number of imidazole rings is 1. The van der Waals surface area contributed by atoms with Gasteiger partial charge in [0.1, 0.15) is 5.69 Å². The number of ether oxygens (including phenoxy) is 1. The minimum Gasteiger partial charge on any atom is -0.465 e. The van der Waals surface area contributed by atoms with Gasteiger partial charge in [0.2, 0.25) is 0 Å². The maximum atomic E-state index is 12.3. The molecule has 1 amide bonds. The first-order chi connectivity index (χ1) is 10.8. The number of hydrogen-bond donors (Lipinski definition) is 1. The molecule has 1 saturated carbocycles. The molecular formula is C16H20N4O2. The summed E-state index contributed by atoms with van der Waals surface area (Å²) in [5.74, 6) is 0.790. The van der Waals surface area contributed by atoms with E-state index in [2.05, 4.69) is 15.3 Å². The Hall–Kier alpha value is -2.37. The Morgan fingerprint density at radius 2 is 2.27 bits per heavy atom. The number of amides is 1. The molecule has 6 heteroatoms. The number of carbonyl (C=O) groups is 1. The lowest BCUT2D eigenvalue weighted by Crippen LogP contribution is -2.29. The molecule has 2 aromatic heterocycles. The summed E-state index contributed by atoms with van der Waals surface area (Å²) in [4.78, 5) is 20.9. The molecule has 2 heterocycles. The van der Waals surface area contributed by atoms with Crippen molar-refractivity contribution in [1.82, 2.24) is 19.9 Å². The minimum atomic E-state index is -0.209. The van der Waals surface area contributed by atoms with Gasteiger partial charge in [-0.1, -0.05) is 18.9 Å². The first-order valence-electron chi connectivity index (χ1n) is 7.69. The Balaban J connectivity index is 1.75. The number of nitrogens with one attached hydrogen (secondary N) is 1. The van der Waals surface area contributed by atoms with Crippen LogP contribution in [0.5, 0.6) is 6.01 Å². The molecule has 1 N–H and O–H groups in total. The zero-order valence-corrected chi connectivity index (χ0v) is 12.7. The van der Waals surface area contributed by atoms with E-state index < -0.39 is 0 Å². The van der Waals surface area contributed by atoms with Crippen LogP contribution in [0.1, 0.15) is 26.2 Å². The van der Waals surface area contributed by atoms with Crippen LogP contribution in [0.25, 0.3) is 11.4 Å². The largest absolute Gasteiger partial charge is 0.465 e. The van der Waals surface area contributed by atoms with E-state index in [1.54, 1.807) is 12.4 Å². The molecule has 3 rings (SSSR count). The van der Waals surface area contributed by atoms with Gasteiger partial charge in [-0.3, -0.25) is 4.98 Å². The topological polar surface area (TPSA) is 69.0 Å². The third-order valence-corrected chi connectivity index (χ3v) is 3.62. The van der Waals surface area contributed by atoms with Gasteiger partial charge in [0.05, 0.1) is 12.3 Å². The van der Waals surface area contributed by atoms with Crippen LogP contribution in [0.2, 0.25) is 0 Å². The first kappa shape index (κ1) is 14.6. The second-order valence-electron chi connectivity index (χ2n) is 5.39. The monoisotopic (exact) mass is 300 g/mol. The van der Waals surface area contributed by atoms with E-state index in [1.807, 2.05) is 25.1 Å². The summed E-state index contributed by atoms with van der Waals surface area (Å²) >= 11 is 0. The molecule has 0 spiro atoms. The summed E-state index contributed by atoms with van der Waals surface area (Å²) in [5.41, 5.74) is 1.34. The van der Waals surface area contributed by atoms with Crippen LogP contribution in [0, 0.1) is 5.92 Å². The summed E-state index contributed by atoms with van der Waals surface area (Å²) in [5, 5.41) is 2.92. The number of carbonyl (C=O) groups excluding carboxylic acids is 1. The second kappa shape index (κ2) is 6.60. The van der Waals surface area contributed by atoms with Crippen LogP contribution in [-0.2, 0) is 0 Å². The van der Waals surface area contributed by atoms with Crippen molar-refractivity contribution in [1.29, 1.82) is 0 Å². The van der Waals surface area contributed by atoms with Crippen molar-refractivity contribution in [2.75, 3.05) is 13.2 Å². The summed E-state index contributed by atoms with van der Waals surface area (Å²) in [6.45, 7) is 3.00. The van der Waals surface area contributed by atoms with E-state index in [0.717, 1.165) is 12.3 Å². The highest BCUT2D eigenvalue weighted by Crippen LogP contribution is 2.31. The lowest BCUT2D eigenvalue weighted by molar-refractivity contribution is 0.234. The normalized spacial score (nSPS) is 13.9. The highest BCUT2D eigenvalue weighted by atomic mass is 16.5. The lowest BCUT2D eigenvalue weighted by Gasteiger charge is -2.07. The molecule has 1 aliphatic rings. The van der Waals surface area contributed by atoms with Gasteiger partial charge in [-0.05, 0) is 31.4 Å². The van der Waals surface area contributed by atoms with Gasteiger partial charge in [0.15, 0.2) is 0 Å². The quantitative estimate of drug-likeness (QED) is 0.890. The standard InChI is InChI=1S/C16H20N4O2/c1-2-22-16-19-14(13-5-3-4-9-17-13)11-20(16)15(21)18-10-8-12-6-7-12/h3-5,9,11-12H,2,6-8,10H2,1H3,(H,18,21). The fourth-order valence-electron chi connectivity index (χ4n) is 2.25. The Morgan fingerprint density at radius 3 is 2.95 bits per heavy atom. The fourth-order valence-corrected chi connectivity index (χ4v) is 2.25. The highest BCUT2D eigenvalue weighted by molar-refractivity contribution is 5.79. The average Bonchev–Trinajstić information content (AvgIpc) is 3.26. The molecule has 0 aliphatic heterocycles. The summed E-state index contributed by atoms with van der Waals surface area (Å²) in [7, 11) is 0. The molecule has 0 aromatic carbocycles. The van der Waals surface area contributed by atoms with Gasteiger partial charge in [0, 0.05) is 18.9 Å². The number of hydrogen-bond acceptors (Lipinski definition) is 4. The molecule has 0 bridgehead atoms. The Morgan fingerprint density at radius 1 is 1.41 bits per heavy atom. The number of pyridine rings is 1. The SMILES string of the molecule is CCOc1nc(-c2ccccn2)cn1C(=O)NCCC1CC1. The Labute approximate surface area is 129 Å². The zero-order chi connectivity index (χ0) is 15.4. The lowest BCUT2D eigenvalue weighted by atomic mass is 10.3. The molecule has 0 radical (unpaired) electrons. The van der Waals surface area contributed by atoms with E-state index in [4.69, 9.17) is 4.74 Å². The van der Waals surface area contributed by atoms with Crippen molar-refractivity contribution in [2.24, 2.45) is 5.92 Å². The van der Waals surface area contributed by atoms with Crippen LogP contribution in [-0.4, -0.2) is 33.7 Å². The Bertz CT molecular complexity index is 635. The summed E-state index contributed by atoms with van der Waals surface area (Å²) in [6, 6.07) is 5.67. The van der Waals surface area contributed by atoms with E-state index in [1.165, 1.54) is 17.4 Å². The van der Waals surface area contributed by atoms with Crippen LogP contribution >= 0.6 is 0 Å². The maximum absolute atomic E-state index is 12.3. The maximum Gasteiger partial charge on any atom is 0.329 e. The zero-order valence-electron chi connectivity index (χ0n) is 12.7. The van der Waals surface area contributed by atoms with Crippen molar-refractivity contribution in [3.8, 4) is 17.4 Å². The van der Waals surface area contributed by atoms with Crippen molar-refractivity contribution in [2.45, 2.75) is 26.2 Å². The van der Waals surface area contributed by atoms with Gasteiger partial charge >= 0.3 is 12.0 Å². The molecule has 1 aliphatic carbocycles. The number of aromatic nitrogens is 3.